The van der Waals surface area contributed by atoms with Crippen LogP contribution in [0, 0.1) is 13.8 Å². The number of hydrogen-bond donors (Lipinski definition) is 0. The van der Waals surface area contributed by atoms with E-state index in [9.17, 15) is 4.79 Å². The van der Waals surface area contributed by atoms with Crippen molar-refractivity contribution in [3.8, 4) is 5.75 Å². The molecule has 0 unspecified atom stereocenters. The Morgan fingerprint density at radius 3 is 2.53 bits per heavy atom. The van der Waals surface area contributed by atoms with Crippen LogP contribution < -0.4 is 4.74 Å². The zero-order valence-corrected chi connectivity index (χ0v) is 12.4. The van der Waals surface area contributed by atoms with Gasteiger partial charge in [-0.15, -0.1) is 0 Å². The second-order valence-electron chi connectivity index (χ2n) is 4.84. The van der Waals surface area contributed by atoms with Crippen molar-refractivity contribution in [3.05, 3.63) is 28.8 Å². The maximum absolute atomic E-state index is 11.2. The SMILES string of the molecule is COC(=O)CN(C)CCc1cc(C)cc(C)c1OC. The molecule has 1 rings (SSSR count). The van der Waals surface area contributed by atoms with Gasteiger partial charge in [-0.05, 0) is 38.4 Å². The van der Waals surface area contributed by atoms with Gasteiger partial charge in [0, 0.05) is 6.54 Å². The largest absolute Gasteiger partial charge is 0.496 e. The van der Waals surface area contributed by atoms with Crippen LogP contribution in [0.25, 0.3) is 0 Å². The van der Waals surface area contributed by atoms with E-state index in [-0.39, 0.29) is 5.97 Å². The monoisotopic (exact) mass is 265 g/mol. The van der Waals surface area contributed by atoms with E-state index in [4.69, 9.17) is 4.74 Å². The molecular formula is C15H23NO3. The molecule has 0 amide bonds. The van der Waals surface area contributed by atoms with Crippen LogP contribution in [-0.4, -0.2) is 45.2 Å². The summed E-state index contributed by atoms with van der Waals surface area (Å²) in [5.41, 5.74) is 3.55. The van der Waals surface area contributed by atoms with Crippen LogP contribution in [-0.2, 0) is 16.0 Å². The number of aryl methyl sites for hydroxylation is 2. The predicted molar refractivity (Wildman–Crippen MR) is 75.7 cm³/mol. The quantitative estimate of drug-likeness (QED) is 0.737. The van der Waals surface area contributed by atoms with E-state index in [1.807, 2.05) is 18.9 Å². The summed E-state index contributed by atoms with van der Waals surface area (Å²) in [4.78, 5) is 13.1. The van der Waals surface area contributed by atoms with E-state index in [0.29, 0.717) is 6.54 Å². The van der Waals surface area contributed by atoms with Crippen molar-refractivity contribution in [1.82, 2.24) is 4.90 Å². The molecule has 0 fully saturated rings. The van der Waals surface area contributed by atoms with Crippen molar-refractivity contribution in [2.45, 2.75) is 20.3 Å². The molecule has 0 radical (unpaired) electrons. The van der Waals surface area contributed by atoms with E-state index < -0.39 is 0 Å². The second-order valence-corrected chi connectivity index (χ2v) is 4.84. The third-order valence-electron chi connectivity index (χ3n) is 3.09. The summed E-state index contributed by atoms with van der Waals surface area (Å²) >= 11 is 0. The lowest BCUT2D eigenvalue weighted by molar-refractivity contribution is -0.141. The van der Waals surface area contributed by atoms with Crippen molar-refractivity contribution in [2.24, 2.45) is 0 Å². The summed E-state index contributed by atoms with van der Waals surface area (Å²) in [6, 6.07) is 4.25. The number of hydrogen-bond acceptors (Lipinski definition) is 4. The van der Waals surface area contributed by atoms with Crippen molar-refractivity contribution in [1.29, 1.82) is 0 Å². The Morgan fingerprint density at radius 1 is 1.26 bits per heavy atom. The molecule has 19 heavy (non-hydrogen) atoms. The molecule has 0 aliphatic heterocycles. The van der Waals surface area contributed by atoms with Gasteiger partial charge in [-0.2, -0.15) is 0 Å². The number of nitrogens with zero attached hydrogens (tertiary/aromatic N) is 1. The molecule has 1 aromatic rings. The maximum atomic E-state index is 11.2. The fraction of sp³-hybridized carbons (Fsp3) is 0.533. The second kappa shape index (κ2) is 7.14. The summed E-state index contributed by atoms with van der Waals surface area (Å²) in [5.74, 6) is 0.729. The highest BCUT2D eigenvalue weighted by atomic mass is 16.5. The maximum Gasteiger partial charge on any atom is 0.319 e. The summed E-state index contributed by atoms with van der Waals surface area (Å²) < 4.78 is 10.1. The van der Waals surface area contributed by atoms with E-state index in [1.165, 1.54) is 18.2 Å². The average Bonchev–Trinajstić information content (AvgIpc) is 2.35. The zero-order valence-electron chi connectivity index (χ0n) is 12.4. The first-order chi connectivity index (χ1) is 8.97. The van der Waals surface area contributed by atoms with Gasteiger partial charge in [-0.1, -0.05) is 17.7 Å². The van der Waals surface area contributed by atoms with Crippen molar-refractivity contribution in [2.75, 3.05) is 34.4 Å². The molecule has 106 valence electrons. The minimum Gasteiger partial charge on any atom is -0.496 e. The summed E-state index contributed by atoms with van der Waals surface area (Å²) in [6.07, 6.45) is 0.846. The highest BCUT2D eigenvalue weighted by molar-refractivity contribution is 5.71. The fourth-order valence-corrected chi connectivity index (χ4v) is 2.20. The van der Waals surface area contributed by atoms with Gasteiger partial charge >= 0.3 is 5.97 Å². The standard InChI is InChI=1S/C15H23NO3/c1-11-8-12(2)15(19-5)13(9-11)6-7-16(3)10-14(17)18-4/h8-9H,6-7,10H2,1-5H3. The third kappa shape index (κ3) is 4.56. The number of carbonyl (C=O) groups excluding carboxylic acids is 1. The molecule has 0 N–H and O–H groups in total. The number of carbonyl (C=O) groups is 1. The van der Waals surface area contributed by atoms with E-state index >= 15 is 0 Å². The molecular weight excluding hydrogens is 242 g/mol. The first kappa shape index (κ1) is 15.5. The average molecular weight is 265 g/mol. The highest BCUT2D eigenvalue weighted by Gasteiger charge is 2.10. The molecule has 0 saturated heterocycles. The first-order valence-corrected chi connectivity index (χ1v) is 6.37. The van der Waals surface area contributed by atoms with Crippen molar-refractivity contribution in [3.63, 3.8) is 0 Å². The van der Waals surface area contributed by atoms with Gasteiger partial charge in [0.2, 0.25) is 0 Å². The lowest BCUT2D eigenvalue weighted by atomic mass is 10.0. The van der Waals surface area contributed by atoms with Crippen molar-refractivity contribution < 1.29 is 14.3 Å². The predicted octanol–water partition coefficient (Wildman–Crippen LogP) is 1.96. The van der Waals surface area contributed by atoms with E-state index in [0.717, 1.165) is 24.3 Å². The topological polar surface area (TPSA) is 38.8 Å². The number of rotatable bonds is 6. The van der Waals surface area contributed by atoms with Gasteiger partial charge in [0.1, 0.15) is 5.75 Å². The Hall–Kier alpha value is -1.55. The van der Waals surface area contributed by atoms with Gasteiger partial charge in [-0.3, -0.25) is 9.69 Å². The molecule has 0 aliphatic rings. The zero-order chi connectivity index (χ0) is 14.4. The molecule has 4 heteroatoms. The number of esters is 1. The van der Waals surface area contributed by atoms with Gasteiger partial charge in [0.05, 0.1) is 20.8 Å². The Bertz CT molecular complexity index is 443. The Morgan fingerprint density at radius 2 is 1.95 bits per heavy atom. The fourth-order valence-electron chi connectivity index (χ4n) is 2.20. The minimum atomic E-state index is -0.213. The van der Waals surface area contributed by atoms with Crippen molar-refractivity contribution >= 4 is 5.97 Å². The molecule has 0 bridgehead atoms. The molecule has 0 heterocycles. The van der Waals surface area contributed by atoms with Crippen LogP contribution in [0.15, 0.2) is 12.1 Å². The summed E-state index contributed by atoms with van der Waals surface area (Å²) in [6.45, 7) is 5.22. The Labute approximate surface area is 115 Å². The Kier molecular flexibility index (Phi) is 5.83. The summed E-state index contributed by atoms with van der Waals surface area (Å²) in [7, 11) is 5.01. The summed E-state index contributed by atoms with van der Waals surface area (Å²) in [5, 5.41) is 0. The van der Waals surface area contributed by atoms with Crippen LogP contribution in [0.5, 0.6) is 5.75 Å². The molecule has 0 saturated carbocycles. The van der Waals surface area contributed by atoms with E-state index in [1.54, 1.807) is 7.11 Å². The molecule has 0 aliphatic carbocycles. The molecule has 0 atom stereocenters. The van der Waals surface area contributed by atoms with Crippen LogP contribution in [0.4, 0.5) is 0 Å². The third-order valence-corrected chi connectivity index (χ3v) is 3.09. The number of ether oxygens (including phenoxy) is 2. The van der Waals surface area contributed by atoms with Crippen LogP contribution in [0.2, 0.25) is 0 Å². The Balaban J connectivity index is 2.69. The number of likely N-dealkylation sites (N-methyl/N-ethyl adjacent to an activating group) is 1. The van der Waals surface area contributed by atoms with Gasteiger partial charge in [0.15, 0.2) is 0 Å². The number of benzene rings is 1. The normalized spacial score (nSPS) is 10.6. The van der Waals surface area contributed by atoms with Crippen LogP contribution >= 0.6 is 0 Å². The van der Waals surface area contributed by atoms with Gasteiger partial charge in [-0.25, -0.2) is 0 Å². The lowest BCUT2D eigenvalue weighted by Crippen LogP contribution is -2.28. The number of methoxy groups -OCH3 is 2. The molecule has 0 spiro atoms. The van der Waals surface area contributed by atoms with Crippen LogP contribution in [0.1, 0.15) is 16.7 Å². The molecule has 1 aromatic carbocycles. The van der Waals surface area contributed by atoms with Crippen LogP contribution in [0.3, 0.4) is 0 Å². The van der Waals surface area contributed by atoms with Gasteiger partial charge in [0.25, 0.3) is 0 Å². The first-order valence-electron chi connectivity index (χ1n) is 6.37. The van der Waals surface area contributed by atoms with Gasteiger partial charge < -0.3 is 9.47 Å². The van der Waals surface area contributed by atoms with E-state index in [2.05, 4.69) is 23.8 Å². The smallest absolute Gasteiger partial charge is 0.319 e. The molecule has 0 aromatic heterocycles. The minimum absolute atomic E-state index is 0.213. The molecule has 4 nitrogen and oxygen atoms in total. The lowest BCUT2D eigenvalue weighted by Gasteiger charge is -2.17. The highest BCUT2D eigenvalue weighted by Crippen LogP contribution is 2.25.